The van der Waals surface area contributed by atoms with Gasteiger partial charge in [-0.1, -0.05) is 11.6 Å². The van der Waals surface area contributed by atoms with Crippen molar-refractivity contribution in [3.8, 4) is 0 Å². The summed E-state index contributed by atoms with van der Waals surface area (Å²) in [5, 5.41) is 0.681. The fourth-order valence-electron chi connectivity index (χ4n) is 0.994. The minimum Gasteiger partial charge on any atom is -0.265 e. The molecule has 17 heavy (non-hydrogen) atoms. The minimum absolute atomic E-state index is 0.417. The number of rotatable bonds is 2. The second-order valence-corrected chi connectivity index (χ2v) is 4.06. The molecule has 5 heteroatoms. The second kappa shape index (κ2) is 8.29. The van der Waals surface area contributed by atoms with Crippen molar-refractivity contribution in [2.75, 3.05) is 0 Å². The first kappa shape index (κ1) is 14.2. The van der Waals surface area contributed by atoms with E-state index in [1.165, 1.54) is 0 Å². The highest BCUT2D eigenvalue weighted by molar-refractivity contribution is 6.30. The number of hydrogen-bond donors (Lipinski definition) is 0. The van der Waals surface area contributed by atoms with Crippen LogP contribution in [0.25, 0.3) is 0 Å². The van der Waals surface area contributed by atoms with Gasteiger partial charge < -0.3 is 0 Å². The summed E-state index contributed by atoms with van der Waals surface area (Å²) in [6.07, 6.45) is 5.11. The van der Waals surface area contributed by atoms with Gasteiger partial charge in [0, 0.05) is 29.5 Å². The van der Waals surface area contributed by atoms with Crippen LogP contribution in [0.3, 0.4) is 0 Å². The number of alkyl halides is 2. The summed E-state index contributed by atoms with van der Waals surface area (Å²) in [5.74, 6) is 0.989. The van der Waals surface area contributed by atoms with Gasteiger partial charge >= 0.3 is 0 Å². The SMILES string of the molecule is ClCc1cc(Cl)ccn1.ClCc1ccncc1. The van der Waals surface area contributed by atoms with Gasteiger partial charge in [0.15, 0.2) is 0 Å². The van der Waals surface area contributed by atoms with Gasteiger partial charge in [-0.05, 0) is 29.8 Å². The molecular weight excluding hydrogens is 279 g/mol. The Kier molecular flexibility index (Phi) is 6.94. The largest absolute Gasteiger partial charge is 0.265 e. The fourth-order valence-corrected chi connectivity index (χ4v) is 1.50. The summed E-state index contributed by atoms with van der Waals surface area (Å²) in [7, 11) is 0. The van der Waals surface area contributed by atoms with Crippen molar-refractivity contribution in [3.63, 3.8) is 0 Å². The first-order chi connectivity index (χ1) is 8.26. The molecule has 0 saturated carbocycles. The third-order valence-corrected chi connectivity index (χ3v) is 2.64. The van der Waals surface area contributed by atoms with E-state index in [0.717, 1.165) is 11.3 Å². The monoisotopic (exact) mass is 288 g/mol. The van der Waals surface area contributed by atoms with Crippen molar-refractivity contribution in [1.29, 1.82) is 0 Å². The van der Waals surface area contributed by atoms with Crippen molar-refractivity contribution in [1.82, 2.24) is 9.97 Å². The van der Waals surface area contributed by atoms with E-state index in [1.807, 2.05) is 12.1 Å². The molecule has 0 aliphatic carbocycles. The van der Waals surface area contributed by atoms with Crippen LogP contribution in [0.2, 0.25) is 5.02 Å². The van der Waals surface area contributed by atoms with Crippen LogP contribution < -0.4 is 0 Å². The maximum absolute atomic E-state index is 5.62. The van der Waals surface area contributed by atoms with Crippen LogP contribution in [-0.2, 0) is 11.8 Å². The zero-order valence-corrected chi connectivity index (χ0v) is 11.3. The molecule has 0 aromatic carbocycles. The number of hydrogen-bond acceptors (Lipinski definition) is 2. The van der Waals surface area contributed by atoms with Crippen LogP contribution in [0.5, 0.6) is 0 Å². The maximum atomic E-state index is 5.62. The minimum atomic E-state index is 0.417. The zero-order valence-electron chi connectivity index (χ0n) is 8.98. The average molecular weight is 290 g/mol. The van der Waals surface area contributed by atoms with Gasteiger partial charge in [0.05, 0.1) is 11.6 Å². The highest BCUT2D eigenvalue weighted by Crippen LogP contribution is 2.08. The summed E-state index contributed by atoms with van der Waals surface area (Å²) in [6.45, 7) is 0. The topological polar surface area (TPSA) is 25.8 Å². The van der Waals surface area contributed by atoms with Crippen molar-refractivity contribution in [3.05, 3.63) is 59.1 Å². The second-order valence-electron chi connectivity index (χ2n) is 3.09. The third-order valence-electron chi connectivity index (χ3n) is 1.82. The Labute approximate surface area is 116 Å². The van der Waals surface area contributed by atoms with Crippen LogP contribution >= 0.6 is 34.8 Å². The molecule has 2 rings (SSSR count). The van der Waals surface area contributed by atoms with E-state index in [4.69, 9.17) is 34.8 Å². The lowest BCUT2D eigenvalue weighted by Crippen LogP contribution is -1.81. The van der Waals surface area contributed by atoms with Gasteiger partial charge in [0.2, 0.25) is 0 Å². The molecule has 2 heterocycles. The van der Waals surface area contributed by atoms with Crippen molar-refractivity contribution in [2.45, 2.75) is 11.8 Å². The first-order valence-electron chi connectivity index (χ1n) is 4.87. The number of halogens is 3. The standard InChI is InChI=1S/C6H5Cl2N.C6H6ClN/c7-4-6-3-5(8)1-2-9-6;7-5-6-1-3-8-4-2-6/h1-3H,4H2;1-4H,5H2. The molecule has 90 valence electrons. The molecule has 0 aliphatic rings. The van der Waals surface area contributed by atoms with Crippen molar-refractivity contribution >= 4 is 34.8 Å². The van der Waals surface area contributed by atoms with Crippen molar-refractivity contribution in [2.24, 2.45) is 0 Å². The van der Waals surface area contributed by atoms with Crippen LogP contribution in [0.15, 0.2) is 42.9 Å². The van der Waals surface area contributed by atoms with Gasteiger partial charge in [0.1, 0.15) is 0 Å². The lowest BCUT2D eigenvalue weighted by atomic mass is 10.3. The molecule has 0 radical (unpaired) electrons. The fraction of sp³-hybridized carbons (Fsp3) is 0.167. The third kappa shape index (κ3) is 5.87. The quantitative estimate of drug-likeness (QED) is 0.771. The van der Waals surface area contributed by atoms with E-state index in [9.17, 15) is 0 Å². The van der Waals surface area contributed by atoms with Crippen LogP contribution in [0.1, 0.15) is 11.3 Å². The average Bonchev–Trinajstić information content (AvgIpc) is 2.40. The summed E-state index contributed by atoms with van der Waals surface area (Å²) in [4.78, 5) is 7.78. The van der Waals surface area contributed by atoms with E-state index in [2.05, 4.69) is 9.97 Å². The molecule has 0 atom stereocenters. The van der Waals surface area contributed by atoms with Gasteiger partial charge in [-0.15, -0.1) is 23.2 Å². The summed E-state index contributed by atoms with van der Waals surface area (Å²) >= 11 is 16.6. The van der Waals surface area contributed by atoms with Crippen molar-refractivity contribution < 1.29 is 0 Å². The molecule has 0 spiro atoms. The Morgan fingerprint density at radius 3 is 2.06 bits per heavy atom. The number of aromatic nitrogens is 2. The van der Waals surface area contributed by atoms with Gasteiger partial charge in [0.25, 0.3) is 0 Å². The van der Waals surface area contributed by atoms with Crippen LogP contribution in [0.4, 0.5) is 0 Å². The molecule has 0 amide bonds. The molecule has 2 aromatic rings. The number of nitrogens with zero attached hydrogens (tertiary/aromatic N) is 2. The molecule has 0 bridgehead atoms. The lowest BCUT2D eigenvalue weighted by molar-refractivity contribution is 1.17. The zero-order chi connectivity index (χ0) is 12.5. The molecule has 2 nitrogen and oxygen atoms in total. The van der Waals surface area contributed by atoms with E-state index in [0.29, 0.717) is 16.8 Å². The molecule has 2 aromatic heterocycles. The highest BCUT2D eigenvalue weighted by Gasteiger charge is 1.90. The predicted molar refractivity (Wildman–Crippen MR) is 72.6 cm³/mol. The molecule has 0 N–H and O–H groups in total. The first-order valence-corrected chi connectivity index (χ1v) is 6.32. The summed E-state index contributed by atoms with van der Waals surface area (Å²) in [6, 6.07) is 7.26. The molecular formula is C12H11Cl3N2. The van der Waals surface area contributed by atoms with E-state index in [-0.39, 0.29) is 0 Å². The maximum Gasteiger partial charge on any atom is 0.0647 e. The number of pyridine rings is 2. The smallest absolute Gasteiger partial charge is 0.0647 e. The molecule has 0 fully saturated rings. The Hall–Kier alpha value is -0.830. The summed E-state index contributed by atoms with van der Waals surface area (Å²) in [5.41, 5.74) is 1.92. The van der Waals surface area contributed by atoms with Crippen LogP contribution in [-0.4, -0.2) is 9.97 Å². The normalized spacial score (nSPS) is 9.35. The van der Waals surface area contributed by atoms with Gasteiger partial charge in [-0.2, -0.15) is 0 Å². The predicted octanol–water partition coefficient (Wildman–Crippen LogP) is 4.29. The Morgan fingerprint density at radius 2 is 1.65 bits per heavy atom. The van der Waals surface area contributed by atoms with E-state index >= 15 is 0 Å². The highest BCUT2D eigenvalue weighted by atomic mass is 35.5. The Bertz CT molecular complexity index is 435. The molecule has 0 aliphatic heterocycles. The van der Waals surface area contributed by atoms with Crippen LogP contribution in [0, 0.1) is 0 Å². The van der Waals surface area contributed by atoms with E-state index < -0.39 is 0 Å². The molecule has 0 saturated heterocycles. The summed E-state index contributed by atoms with van der Waals surface area (Å²) < 4.78 is 0. The Morgan fingerprint density at radius 1 is 0.941 bits per heavy atom. The molecule has 0 unspecified atom stereocenters. The lowest BCUT2D eigenvalue weighted by Gasteiger charge is -1.91. The van der Waals surface area contributed by atoms with Gasteiger partial charge in [-0.25, -0.2) is 0 Å². The Balaban J connectivity index is 0.000000171. The van der Waals surface area contributed by atoms with Gasteiger partial charge in [-0.3, -0.25) is 9.97 Å². The van der Waals surface area contributed by atoms with E-state index in [1.54, 1.807) is 30.7 Å².